The molecule has 3 rings (SSSR count). The number of nitrogens with one attached hydrogen (secondary N) is 2. The van der Waals surface area contributed by atoms with Gasteiger partial charge in [0.2, 0.25) is 0 Å². The fraction of sp³-hybridized carbons (Fsp3) is 0.500. The summed E-state index contributed by atoms with van der Waals surface area (Å²) in [6, 6.07) is 1.85. The standard InChI is InChI=1S/C14H18N4O2/c1-8(2)13-6-12(18-20-13)14(19)16-10-3-4-11-9(5-10)7-15-17-11/h6-8,10H,3-5H2,1-2H3,(H,15,17)(H,16,19). The summed E-state index contributed by atoms with van der Waals surface area (Å²) in [6.07, 6.45) is 4.47. The summed E-state index contributed by atoms with van der Waals surface area (Å²) in [7, 11) is 0. The number of nitrogens with zero attached hydrogens (tertiary/aromatic N) is 2. The topological polar surface area (TPSA) is 83.8 Å². The Hall–Kier alpha value is -2.11. The highest BCUT2D eigenvalue weighted by atomic mass is 16.5. The van der Waals surface area contributed by atoms with E-state index >= 15 is 0 Å². The van der Waals surface area contributed by atoms with Gasteiger partial charge in [-0.05, 0) is 24.8 Å². The largest absolute Gasteiger partial charge is 0.360 e. The fourth-order valence-electron chi connectivity index (χ4n) is 2.47. The Morgan fingerprint density at radius 2 is 2.40 bits per heavy atom. The first-order valence-electron chi connectivity index (χ1n) is 6.92. The van der Waals surface area contributed by atoms with Gasteiger partial charge in [0.05, 0.1) is 6.20 Å². The van der Waals surface area contributed by atoms with Crippen molar-refractivity contribution in [2.45, 2.75) is 45.1 Å². The molecule has 1 amide bonds. The number of amides is 1. The van der Waals surface area contributed by atoms with Crippen molar-refractivity contribution in [3.63, 3.8) is 0 Å². The molecule has 2 N–H and O–H groups in total. The third kappa shape index (κ3) is 2.45. The first-order valence-corrected chi connectivity index (χ1v) is 6.92. The van der Waals surface area contributed by atoms with E-state index in [1.807, 2.05) is 20.0 Å². The van der Waals surface area contributed by atoms with Crippen LogP contribution in [0.4, 0.5) is 0 Å². The van der Waals surface area contributed by atoms with Gasteiger partial charge >= 0.3 is 0 Å². The number of rotatable bonds is 3. The van der Waals surface area contributed by atoms with Gasteiger partial charge in [-0.2, -0.15) is 5.10 Å². The van der Waals surface area contributed by atoms with Crippen LogP contribution >= 0.6 is 0 Å². The average Bonchev–Trinajstić information content (AvgIpc) is 3.07. The lowest BCUT2D eigenvalue weighted by atomic mass is 9.93. The van der Waals surface area contributed by atoms with Crippen molar-refractivity contribution < 1.29 is 9.32 Å². The SMILES string of the molecule is CC(C)c1cc(C(=O)NC2CCc3[nH]ncc3C2)no1. The molecule has 0 aromatic carbocycles. The van der Waals surface area contributed by atoms with Crippen LogP contribution in [0.5, 0.6) is 0 Å². The molecule has 0 bridgehead atoms. The average molecular weight is 274 g/mol. The van der Waals surface area contributed by atoms with E-state index in [0.717, 1.165) is 25.0 Å². The van der Waals surface area contributed by atoms with Crippen LogP contribution in [-0.2, 0) is 12.8 Å². The van der Waals surface area contributed by atoms with Gasteiger partial charge in [-0.15, -0.1) is 0 Å². The van der Waals surface area contributed by atoms with Gasteiger partial charge < -0.3 is 9.84 Å². The summed E-state index contributed by atoms with van der Waals surface area (Å²) < 4.78 is 5.15. The molecule has 1 unspecified atom stereocenters. The lowest BCUT2D eigenvalue weighted by Gasteiger charge is -2.22. The quantitative estimate of drug-likeness (QED) is 0.894. The molecule has 0 spiro atoms. The lowest BCUT2D eigenvalue weighted by molar-refractivity contribution is 0.0924. The molecule has 2 aromatic heterocycles. The van der Waals surface area contributed by atoms with Gasteiger partial charge in [-0.25, -0.2) is 0 Å². The van der Waals surface area contributed by atoms with Crippen molar-refractivity contribution in [3.05, 3.63) is 35.0 Å². The molecule has 1 aliphatic carbocycles. The number of H-pyrrole nitrogens is 1. The Kier molecular flexibility index (Phi) is 3.30. The molecule has 0 aliphatic heterocycles. The van der Waals surface area contributed by atoms with Crippen LogP contribution in [0.3, 0.4) is 0 Å². The zero-order valence-corrected chi connectivity index (χ0v) is 11.6. The zero-order chi connectivity index (χ0) is 14.1. The Morgan fingerprint density at radius 3 is 3.15 bits per heavy atom. The molecule has 2 heterocycles. The highest BCUT2D eigenvalue weighted by Gasteiger charge is 2.23. The molecule has 106 valence electrons. The Morgan fingerprint density at radius 1 is 1.55 bits per heavy atom. The van der Waals surface area contributed by atoms with Crippen LogP contribution in [0, 0.1) is 0 Å². The molecule has 6 heteroatoms. The van der Waals surface area contributed by atoms with Crippen molar-refractivity contribution in [2.24, 2.45) is 0 Å². The summed E-state index contributed by atoms with van der Waals surface area (Å²) in [5.74, 6) is 0.792. The Bertz CT molecular complexity index is 614. The van der Waals surface area contributed by atoms with Gasteiger partial charge in [-0.3, -0.25) is 9.89 Å². The van der Waals surface area contributed by atoms with Crippen molar-refractivity contribution in [3.8, 4) is 0 Å². The van der Waals surface area contributed by atoms with Crippen LogP contribution in [0.2, 0.25) is 0 Å². The lowest BCUT2D eigenvalue weighted by Crippen LogP contribution is -2.38. The number of carbonyl (C=O) groups is 1. The Labute approximate surface area is 116 Å². The number of aryl methyl sites for hydroxylation is 1. The minimum atomic E-state index is -0.169. The summed E-state index contributed by atoms with van der Waals surface area (Å²) in [6.45, 7) is 4.01. The van der Waals surface area contributed by atoms with Crippen LogP contribution in [0.25, 0.3) is 0 Å². The Balaban J connectivity index is 1.64. The van der Waals surface area contributed by atoms with Gasteiger partial charge in [0.15, 0.2) is 5.69 Å². The van der Waals surface area contributed by atoms with Crippen LogP contribution in [0.15, 0.2) is 16.8 Å². The van der Waals surface area contributed by atoms with Crippen molar-refractivity contribution >= 4 is 5.91 Å². The molecular formula is C14H18N4O2. The number of aromatic amines is 1. The molecule has 1 aliphatic rings. The van der Waals surface area contributed by atoms with E-state index in [4.69, 9.17) is 4.52 Å². The normalized spacial score (nSPS) is 18.1. The molecule has 20 heavy (non-hydrogen) atoms. The van der Waals surface area contributed by atoms with E-state index in [9.17, 15) is 4.79 Å². The second-order valence-electron chi connectivity index (χ2n) is 5.56. The van der Waals surface area contributed by atoms with Gasteiger partial charge in [0.25, 0.3) is 5.91 Å². The summed E-state index contributed by atoms with van der Waals surface area (Å²) in [5, 5.41) is 13.9. The maximum Gasteiger partial charge on any atom is 0.273 e. The number of hydrogen-bond acceptors (Lipinski definition) is 4. The van der Waals surface area contributed by atoms with Crippen molar-refractivity contribution in [2.75, 3.05) is 0 Å². The number of fused-ring (bicyclic) bond motifs is 1. The van der Waals surface area contributed by atoms with E-state index in [2.05, 4.69) is 20.7 Å². The molecule has 0 saturated carbocycles. The fourth-order valence-corrected chi connectivity index (χ4v) is 2.47. The van der Waals surface area contributed by atoms with Crippen LogP contribution in [-0.4, -0.2) is 27.3 Å². The van der Waals surface area contributed by atoms with Gasteiger partial charge in [-0.1, -0.05) is 19.0 Å². The van der Waals surface area contributed by atoms with Crippen LogP contribution < -0.4 is 5.32 Å². The molecule has 2 aromatic rings. The first kappa shape index (κ1) is 12.9. The maximum atomic E-state index is 12.1. The predicted molar refractivity (Wildman–Crippen MR) is 72.5 cm³/mol. The van der Waals surface area contributed by atoms with E-state index < -0.39 is 0 Å². The molecule has 1 atom stereocenters. The smallest absolute Gasteiger partial charge is 0.273 e. The zero-order valence-electron chi connectivity index (χ0n) is 11.6. The molecule has 0 saturated heterocycles. The predicted octanol–water partition coefficient (Wildman–Crippen LogP) is 1.81. The number of carbonyl (C=O) groups excluding carboxylic acids is 1. The molecule has 0 radical (unpaired) electrons. The van der Waals surface area contributed by atoms with E-state index in [0.29, 0.717) is 5.69 Å². The third-order valence-electron chi connectivity index (χ3n) is 3.68. The number of hydrogen-bond donors (Lipinski definition) is 2. The highest BCUT2D eigenvalue weighted by Crippen LogP contribution is 2.20. The second-order valence-corrected chi connectivity index (χ2v) is 5.56. The van der Waals surface area contributed by atoms with E-state index in [-0.39, 0.29) is 17.9 Å². The minimum absolute atomic E-state index is 0.131. The monoisotopic (exact) mass is 274 g/mol. The maximum absolute atomic E-state index is 12.1. The summed E-state index contributed by atoms with van der Waals surface area (Å²) in [5.41, 5.74) is 2.72. The molecule has 6 nitrogen and oxygen atoms in total. The highest BCUT2D eigenvalue weighted by molar-refractivity contribution is 5.92. The van der Waals surface area contributed by atoms with E-state index in [1.165, 1.54) is 11.3 Å². The van der Waals surface area contributed by atoms with Gasteiger partial charge in [0.1, 0.15) is 5.76 Å². The minimum Gasteiger partial charge on any atom is -0.360 e. The summed E-state index contributed by atoms with van der Waals surface area (Å²) >= 11 is 0. The molecular weight excluding hydrogens is 256 g/mol. The first-order chi connectivity index (χ1) is 9.63. The third-order valence-corrected chi connectivity index (χ3v) is 3.68. The van der Waals surface area contributed by atoms with Crippen molar-refractivity contribution in [1.29, 1.82) is 0 Å². The second kappa shape index (κ2) is 5.11. The van der Waals surface area contributed by atoms with E-state index in [1.54, 1.807) is 6.07 Å². The van der Waals surface area contributed by atoms with Crippen molar-refractivity contribution in [1.82, 2.24) is 20.7 Å². The van der Waals surface area contributed by atoms with Gasteiger partial charge in [0, 0.05) is 23.7 Å². The summed E-state index contributed by atoms with van der Waals surface area (Å²) in [4.78, 5) is 12.1. The molecule has 0 fully saturated rings. The van der Waals surface area contributed by atoms with Crippen LogP contribution in [0.1, 0.15) is 53.7 Å². The number of aromatic nitrogens is 3.